The number of carbonyl (C=O) groups is 1. The summed E-state index contributed by atoms with van der Waals surface area (Å²) < 4.78 is 35.7. The lowest BCUT2D eigenvalue weighted by Gasteiger charge is -2.14. The van der Waals surface area contributed by atoms with Crippen LogP contribution in [0.4, 0.5) is 11.4 Å². The molecule has 0 aliphatic rings. The molecule has 7 nitrogen and oxygen atoms in total. The van der Waals surface area contributed by atoms with E-state index in [1.807, 2.05) is 42.1 Å². The molecule has 1 heterocycles. The average Bonchev–Trinajstić information content (AvgIpc) is 3.10. The Labute approximate surface area is 197 Å². The second-order valence-corrected chi connectivity index (χ2v) is 9.57. The van der Waals surface area contributed by atoms with Crippen LogP contribution in [0.1, 0.15) is 5.56 Å². The van der Waals surface area contributed by atoms with Crippen LogP contribution >= 0.6 is 11.6 Å². The Morgan fingerprint density at radius 3 is 2.45 bits per heavy atom. The molecule has 1 amide bonds. The number of para-hydroxylation sites is 1. The number of hydrogen-bond acceptors (Lipinski definition) is 4. The van der Waals surface area contributed by atoms with Gasteiger partial charge in [0.25, 0.3) is 10.0 Å². The van der Waals surface area contributed by atoms with Crippen LogP contribution < -0.4 is 14.8 Å². The minimum atomic E-state index is -3.98. The largest absolute Gasteiger partial charge is 0.495 e. The molecule has 1 aromatic heterocycles. The second-order valence-electron chi connectivity index (χ2n) is 7.49. The zero-order valence-corrected chi connectivity index (χ0v) is 19.6. The van der Waals surface area contributed by atoms with E-state index >= 15 is 0 Å². The molecule has 9 heteroatoms. The maximum absolute atomic E-state index is 13.0. The quantitative estimate of drug-likeness (QED) is 0.394. The van der Waals surface area contributed by atoms with Crippen molar-refractivity contribution in [2.24, 2.45) is 7.05 Å². The van der Waals surface area contributed by atoms with Crippen LogP contribution in [0, 0.1) is 0 Å². The van der Waals surface area contributed by atoms with Gasteiger partial charge in [0.2, 0.25) is 5.91 Å². The van der Waals surface area contributed by atoms with Gasteiger partial charge >= 0.3 is 0 Å². The molecule has 0 saturated carbocycles. The Hall–Kier alpha value is -3.49. The molecule has 3 aromatic carbocycles. The van der Waals surface area contributed by atoms with E-state index in [9.17, 15) is 13.2 Å². The molecule has 2 N–H and O–H groups in total. The molecule has 0 bridgehead atoms. The Balaban J connectivity index is 1.57. The van der Waals surface area contributed by atoms with Crippen LogP contribution in [0.25, 0.3) is 10.9 Å². The van der Waals surface area contributed by atoms with Crippen molar-refractivity contribution in [2.75, 3.05) is 17.1 Å². The summed E-state index contributed by atoms with van der Waals surface area (Å²) in [6, 6.07) is 18.6. The number of anilines is 2. The summed E-state index contributed by atoms with van der Waals surface area (Å²) in [7, 11) is -0.671. The molecule has 0 radical (unpaired) electrons. The van der Waals surface area contributed by atoms with Crippen molar-refractivity contribution >= 4 is 49.8 Å². The van der Waals surface area contributed by atoms with Crippen LogP contribution in [-0.4, -0.2) is 26.0 Å². The molecule has 4 aromatic rings. The monoisotopic (exact) mass is 483 g/mol. The van der Waals surface area contributed by atoms with E-state index in [0.717, 1.165) is 16.5 Å². The fraction of sp³-hybridized carbons (Fsp3) is 0.125. The number of aromatic nitrogens is 1. The van der Waals surface area contributed by atoms with Gasteiger partial charge in [-0.25, -0.2) is 8.42 Å². The molecular weight excluding hydrogens is 462 g/mol. The lowest BCUT2D eigenvalue weighted by molar-refractivity contribution is -0.115. The van der Waals surface area contributed by atoms with Crippen molar-refractivity contribution in [2.45, 2.75) is 11.3 Å². The van der Waals surface area contributed by atoms with Crippen molar-refractivity contribution in [3.63, 3.8) is 0 Å². The molecule has 33 heavy (non-hydrogen) atoms. The minimum Gasteiger partial charge on any atom is -0.495 e. The van der Waals surface area contributed by atoms with E-state index in [4.69, 9.17) is 16.3 Å². The summed E-state index contributed by atoms with van der Waals surface area (Å²) in [5, 5.41) is 4.28. The summed E-state index contributed by atoms with van der Waals surface area (Å²) in [4.78, 5) is 12.6. The number of amides is 1. The Morgan fingerprint density at radius 2 is 1.73 bits per heavy atom. The van der Waals surface area contributed by atoms with Crippen molar-refractivity contribution in [1.82, 2.24) is 4.57 Å². The number of aryl methyl sites for hydroxylation is 1. The van der Waals surface area contributed by atoms with Gasteiger partial charge in [-0.15, -0.1) is 0 Å². The molecule has 0 unspecified atom stereocenters. The topological polar surface area (TPSA) is 89.4 Å². The smallest absolute Gasteiger partial charge is 0.265 e. The fourth-order valence-electron chi connectivity index (χ4n) is 3.64. The molecule has 0 aliphatic heterocycles. The molecule has 0 fully saturated rings. The number of carbonyl (C=O) groups excluding carboxylic acids is 1. The van der Waals surface area contributed by atoms with Crippen LogP contribution in [0.5, 0.6) is 5.75 Å². The first-order chi connectivity index (χ1) is 15.8. The van der Waals surface area contributed by atoms with Crippen LogP contribution in [0.15, 0.2) is 77.8 Å². The van der Waals surface area contributed by atoms with Crippen LogP contribution in [0.2, 0.25) is 5.02 Å². The summed E-state index contributed by atoms with van der Waals surface area (Å²) in [6.07, 6.45) is 2.07. The summed E-state index contributed by atoms with van der Waals surface area (Å²) in [6.45, 7) is 0. The third kappa shape index (κ3) is 4.97. The van der Waals surface area contributed by atoms with E-state index in [0.29, 0.717) is 16.4 Å². The normalized spacial score (nSPS) is 11.4. The number of nitrogens with zero attached hydrogens (tertiary/aromatic N) is 1. The zero-order valence-electron chi connectivity index (χ0n) is 18.0. The number of benzene rings is 3. The van der Waals surface area contributed by atoms with E-state index in [2.05, 4.69) is 10.0 Å². The third-order valence-corrected chi connectivity index (χ3v) is 6.82. The number of sulfonamides is 1. The van der Waals surface area contributed by atoms with Gasteiger partial charge in [-0.05, 0) is 54.1 Å². The third-order valence-electron chi connectivity index (χ3n) is 5.16. The van der Waals surface area contributed by atoms with Crippen LogP contribution in [-0.2, 0) is 28.3 Å². The summed E-state index contributed by atoms with van der Waals surface area (Å²) >= 11 is 5.87. The molecule has 0 aliphatic carbocycles. The summed E-state index contributed by atoms with van der Waals surface area (Å²) in [5.41, 5.74) is 2.62. The van der Waals surface area contributed by atoms with E-state index in [1.54, 1.807) is 30.3 Å². The molecular formula is C24H22ClN3O4S. The highest BCUT2D eigenvalue weighted by Crippen LogP contribution is 2.29. The van der Waals surface area contributed by atoms with E-state index in [1.165, 1.54) is 19.2 Å². The van der Waals surface area contributed by atoms with Gasteiger partial charge in [-0.2, -0.15) is 0 Å². The summed E-state index contributed by atoms with van der Waals surface area (Å²) in [5.74, 6) is -0.103. The molecule has 170 valence electrons. The van der Waals surface area contributed by atoms with Crippen molar-refractivity contribution < 1.29 is 17.9 Å². The highest BCUT2D eigenvalue weighted by Gasteiger charge is 2.21. The van der Waals surface area contributed by atoms with Gasteiger partial charge < -0.3 is 14.6 Å². The lowest BCUT2D eigenvalue weighted by Crippen LogP contribution is -2.17. The Bertz CT molecular complexity index is 1430. The zero-order chi connectivity index (χ0) is 23.6. The number of rotatable bonds is 7. The first-order valence-electron chi connectivity index (χ1n) is 10.1. The van der Waals surface area contributed by atoms with Gasteiger partial charge in [0, 0.05) is 40.5 Å². The van der Waals surface area contributed by atoms with Crippen molar-refractivity contribution in [1.29, 1.82) is 0 Å². The van der Waals surface area contributed by atoms with Gasteiger partial charge in [-0.3, -0.25) is 9.52 Å². The predicted molar refractivity (Wildman–Crippen MR) is 131 cm³/mol. The Morgan fingerprint density at radius 1 is 1.03 bits per heavy atom. The molecule has 0 saturated heterocycles. The number of halogens is 1. The lowest BCUT2D eigenvalue weighted by atomic mass is 10.1. The number of ether oxygens (including phenoxy) is 1. The maximum atomic E-state index is 13.0. The highest BCUT2D eigenvalue weighted by atomic mass is 35.5. The van der Waals surface area contributed by atoms with Crippen molar-refractivity contribution in [3.05, 3.63) is 83.5 Å². The molecule has 0 atom stereocenters. The first kappa shape index (κ1) is 22.7. The maximum Gasteiger partial charge on any atom is 0.265 e. The van der Waals surface area contributed by atoms with E-state index < -0.39 is 10.0 Å². The van der Waals surface area contributed by atoms with Crippen LogP contribution in [0.3, 0.4) is 0 Å². The highest BCUT2D eigenvalue weighted by molar-refractivity contribution is 7.92. The standard InChI is InChI=1S/C24H22ClN3O4S/c1-28-15-16(20-5-3-4-6-21(20)28)13-24(29)26-19-11-12-22(32-2)23(14-19)33(30,31)27-18-9-7-17(25)8-10-18/h3-12,14-15,27H,13H2,1-2H3,(H,26,29). The molecule has 0 spiro atoms. The number of methoxy groups -OCH3 is 1. The predicted octanol–water partition coefficient (Wildman–Crippen LogP) is 4.82. The number of nitrogens with one attached hydrogen (secondary N) is 2. The Kier molecular flexibility index (Phi) is 6.31. The second kappa shape index (κ2) is 9.17. The SMILES string of the molecule is COc1ccc(NC(=O)Cc2cn(C)c3ccccc23)cc1S(=O)(=O)Nc1ccc(Cl)cc1. The van der Waals surface area contributed by atoms with Gasteiger partial charge in [0.15, 0.2) is 0 Å². The first-order valence-corrected chi connectivity index (χ1v) is 11.9. The number of hydrogen-bond donors (Lipinski definition) is 2. The van der Waals surface area contributed by atoms with Crippen molar-refractivity contribution in [3.8, 4) is 5.75 Å². The fourth-order valence-corrected chi connectivity index (χ4v) is 5.02. The van der Waals surface area contributed by atoms with Gasteiger partial charge in [0.05, 0.1) is 13.5 Å². The van der Waals surface area contributed by atoms with Gasteiger partial charge in [0.1, 0.15) is 10.6 Å². The molecule has 4 rings (SSSR count). The van der Waals surface area contributed by atoms with E-state index in [-0.39, 0.29) is 23.0 Å². The van der Waals surface area contributed by atoms with Gasteiger partial charge in [-0.1, -0.05) is 29.8 Å². The average molecular weight is 484 g/mol. The minimum absolute atomic E-state index is 0.0945. The number of fused-ring (bicyclic) bond motifs is 1.